The highest BCUT2D eigenvalue weighted by molar-refractivity contribution is 5.74. The van der Waals surface area contributed by atoms with E-state index in [-0.39, 0.29) is 6.10 Å². The van der Waals surface area contributed by atoms with Crippen molar-refractivity contribution in [3.63, 3.8) is 0 Å². The van der Waals surface area contributed by atoms with Crippen LogP contribution in [0.4, 0.5) is 0 Å². The van der Waals surface area contributed by atoms with Crippen molar-refractivity contribution in [3.05, 3.63) is 54.6 Å². The lowest BCUT2D eigenvalue weighted by molar-refractivity contribution is -0.139. The summed E-state index contributed by atoms with van der Waals surface area (Å²) in [6.07, 6.45) is 0.407. The second-order valence-electron chi connectivity index (χ2n) is 5.17. The van der Waals surface area contributed by atoms with E-state index in [0.29, 0.717) is 13.0 Å². The Morgan fingerprint density at radius 2 is 1.71 bits per heavy atom. The predicted molar refractivity (Wildman–Crippen MR) is 80.3 cm³/mol. The second kappa shape index (κ2) is 5.97. The molecule has 108 valence electrons. The van der Waals surface area contributed by atoms with Crippen LogP contribution >= 0.6 is 0 Å². The summed E-state index contributed by atoms with van der Waals surface area (Å²) in [5, 5.41) is 11.9. The summed E-state index contributed by atoms with van der Waals surface area (Å²) in [6, 6.07) is 17.5. The normalized spacial score (nSPS) is 21.1. The van der Waals surface area contributed by atoms with Crippen molar-refractivity contribution in [2.75, 3.05) is 6.54 Å². The molecule has 1 heterocycles. The van der Waals surface area contributed by atoms with Crippen LogP contribution in [0.1, 0.15) is 6.42 Å². The molecular formula is C17H17NO3. The molecule has 0 bridgehead atoms. The van der Waals surface area contributed by atoms with E-state index >= 15 is 0 Å². The lowest BCUT2D eigenvalue weighted by Gasteiger charge is -2.13. The molecule has 2 N–H and O–H groups in total. The molecule has 0 amide bonds. The van der Waals surface area contributed by atoms with Crippen molar-refractivity contribution < 1.29 is 14.6 Å². The van der Waals surface area contributed by atoms with Gasteiger partial charge in [0.1, 0.15) is 17.9 Å². The van der Waals surface area contributed by atoms with E-state index in [1.54, 1.807) is 0 Å². The summed E-state index contributed by atoms with van der Waals surface area (Å²) in [5.74, 6) is -0.0481. The van der Waals surface area contributed by atoms with Crippen LogP contribution in [-0.2, 0) is 4.79 Å². The maximum absolute atomic E-state index is 10.9. The minimum absolute atomic E-state index is 0.0892. The van der Waals surface area contributed by atoms with E-state index in [9.17, 15) is 4.79 Å². The topological polar surface area (TPSA) is 58.6 Å². The van der Waals surface area contributed by atoms with Gasteiger partial charge < -0.3 is 15.2 Å². The standard InChI is InChI=1S/C17H17NO3/c19-17(20)16-10-15(11-18-16)21-14-8-6-13(7-9-14)12-4-2-1-3-5-12/h1-9,15-16,18H,10-11H2,(H,19,20)/t15-,16-/m0/s1. The predicted octanol–water partition coefficient (Wildman–Crippen LogP) is 2.55. The van der Waals surface area contributed by atoms with Crippen LogP contribution in [0.15, 0.2) is 54.6 Å². The van der Waals surface area contributed by atoms with Crippen LogP contribution in [0.5, 0.6) is 5.75 Å². The Morgan fingerprint density at radius 1 is 1.05 bits per heavy atom. The summed E-state index contributed by atoms with van der Waals surface area (Å²) < 4.78 is 5.82. The van der Waals surface area contributed by atoms with E-state index in [4.69, 9.17) is 9.84 Å². The van der Waals surface area contributed by atoms with Crippen molar-refractivity contribution in [1.29, 1.82) is 0 Å². The van der Waals surface area contributed by atoms with Crippen LogP contribution in [0.3, 0.4) is 0 Å². The Morgan fingerprint density at radius 3 is 2.33 bits per heavy atom. The molecule has 2 aromatic rings. The Balaban J connectivity index is 1.64. The molecule has 2 aromatic carbocycles. The van der Waals surface area contributed by atoms with Gasteiger partial charge in [0, 0.05) is 13.0 Å². The number of aliphatic carboxylic acids is 1. The molecule has 2 atom stereocenters. The van der Waals surface area contributed by atoms with Gasteiger partial charge in [-0.1, -0.05) is 42.5 Å². The van der Waals surface area contributed by atoms with Crippen molar-refractivity contribution in [3.8, 4) is 16.9 Å². The van der Waals surface area contributed by atoms with Gasteiger partial charge in [0.2, 0.25) is 0 Å². The average molecular weight is 283 g/mol. The smallest absolute Gasteiger partial charge is 0.320 e. The van der Waals surface area contributed by atoms with Gasteiger partial charge in [0.15, 0.2) is 0 Å². The molecule has 1 aliphatic rings. The fourth-order valence-electron chi connectivity index (χ4n) is 2.53. The number of hydrogen-bond donors (Lipinski definition) is 2. The minimum atomic E-state index is -0.819. The molecule has 1 aliphatic heterocycles. The van der Waals surface area contributed by atoms with Gasteiger partial charge in [-0.05, 0) is 23.3 Å². The van der Waals surface area contributed by atoms with Crippen LogP contribution < -0.4 is 10.1 Å². The third-order valence-electron chi connectivity index (χ3n) is 3.65. The van der Waals surface area contributed by atoms with Crippen molar-refractivity contribution in [2.45, 2.75) is 18.6 Å². The Hall–Kier alpha value is -2.33. The van der Waals surface area contributed by atoms with Gasteiger partial charge in [-0.15, -0.1) is 0 Å². The largest absolute Gasteiger partial charge is 0.489 e. The summed E-state index contributed by atoms with van der Waals surface area (Å²) in [7, 11) is 0. The number of rotatable bonds is 4. The lowest BCUT2D eigenvalue weighted by Crippen LogP contribution is -2.30. The molecule has 1 fully saturated rings. The van der Waals surface area contributed by atoms with Gasteiger partial charge >= 0.3 is 5.97 Å². The van der Waals surface area contributed by atoms with Crippen molar-refractivity contribution >= 4 is 5.97 Å². The zero-order chi connectivity index (χ0) is 14.7. The molecule has 21 heavy (non-hydrogen) atoms. The van der Waals surface area contributed by atoms with Gasteiger partial charge in [-0.2, -0.15) is 0 Å². The lowest BCUT2D eigenvalue weighted by atomic mass is 10.1. The highest BCUT2D eigenvalue weighted by atomic mass is 16.5. The number of carboxylic acid groups (broad SMARTS) is 1. The number of ether oxygens (including phenoxy) is 1. The summed E-state index contributed by atoms with van der Waals surface area (Å²) in [5.41, 5.74) is 2.30. The Labute approximate surface area is 123 Å². The van der Waals surface area contributed by atoms with Gasteiger partial charge in [0.25, 0.3) is 0 Å². The Kier molecular flexibility index (Phi) is 3.88. The minimum Gasteiger partial charge on any atom is -0.489 e. The quantitative estimate of drug-likeness (QED) is 0.905. The maximum atomic E-state index is 10.9. The van der Waals surface area contributed by atoms with Crippen LogP contribution in [0, 0.1) is 0 Å². The summed E-state index contributed by atoms with van der Waals surface area (Å²) in [4.78, 5) is 10.9. The molecule has 0 spiro atoms. The highest BCUT2D eigenvalue weighted by Gasteiger charge is 2.30. The number of hydrogen-bond acceptors (Lipinski definition) is 3. The van der Waals surface area contributed by atoms with Crippen LogP contribution in [-0.4, -0.2) is 29.8 Å². The van der Waals surface area contributed by atoms with E-state index < -0.39 is 12.0 Å². The van der Waals surface area contributed by atoms with Gasteiger partial charge in [-0.3, -0.25) is 4.79 Å². The molecule has 4 heteroatoms. The van der Waals surface area contributed by atoms with E-state index in [1.807, 2.05) is 42.5 Å². The summed E-state index contributed by atoms with van der Waals surface area (Å²) >= 11 is 0. The monoisotopic (exact) mass is 283 g/mol. The van der Waals surface area contributed by atoms with Gasteiger partial charge in [0.05, 0.1) is 0 Å². The number of carbonyl (C=O) groups is 1. The second-order valence-corrected chi connectivity index (χ2v) is 5.17. The molecule has 1 saturated heterocycles. The third kappa shape index (κ3) is 3.23. The van der Waals surface area contributed by atoms with Gasteiger partial charge in [-0.25, -0.2) is 0 Å². The van der Waals surface area contributed by atoms with Crippen molar-refractivity contribution in [1.82, 2.24) is 5.32 Å². The van der Waals surface area contributed by atoms with E-state index in [0.717, 1.165) is 16.9 Å². The van der Waals surface area contributed by atoms with Crippen LogP contribution in [0.25, 0.3) is 11.1 Å². The van der Waals surface area contributed by atoms with Crippen LogP contribution in [0.2, 0.25) is 0 Å². The first-order valence-corrected chi connectivity index (χ1v) is 7.01. The Bertz CT molecular complexity index is 610. The zero-order valence-electron chi connectivity index (χ0n) is 11.5. The molecule has 3 rings (SSSR count). The fraction of sp³-hybridized carbons (Fsp3) is 0.235. The zero-order valence-corrected chi connectivity index (χ0v) is 11.5. The molecule has 4 nitrogen and oxygen atoms in total. The third-order valence-corrected chi connectivity index (χ3v) is 3.65. The van der Waals surface area contributed by atoms with E-state index in [1.165, 1.54) is 0 Å². The maximum Gasteiger partial charge on any atom is 0.320 e. The molecule has 0 saturated carbocycles. The number of carboxylic acids is 1. The number of nitrogens with one attached hydrogen (secondary N) is 1. The molecular weight excluding hydrogens is 266 g/mol. The van der Waals surface area contributed by atoms with Crippen molar-refractivity contribution in [2.24, 2.45) is 0 Å². The first kappa shape index (κ1) is 13.6. The van der Waals surface area contributed by atoms with E-state index in [2.05, 4.69) is 17.4 Å². The first-order valence-electron chi connectivity index (χ1n) is 7.01. The summed E-state index contributed by atoms with van der Waals surface area (Å²) in [6.45, 7) is 0.567. The average Bonchev–Trinajstić information content (AvgIpc) is 2.98. The molecule has 0 radical (unpaired) electrons. The molecule has 0 aliphatic carbocycles. The SMILES string of the molecule is O=C(O)[C@@H]1C[C@H](Oc2ccc(-c3ccccc3)cc2)CN1. The first-order chi connectivity index (χ1) is 10.2. The number of benzene rings is 2. The fourth-order valence-corrected chi connectivity index (χ4v) is 2.53. The molecule has 0 aromatic heterocycles. The molecule has 0 unspecified atom stereocenters. The highest BCUT2D eigenvalue weighted by Crippen LogP contribution is 2.23.